The molecule has 2 aromatic carbocycles. The van der Waals surface area contributed by atoms with E-state index >= 15 is 0 Å². The van der Waals surface area contributed by atoms with Gasteiger partial charge < -0.3 is 9.64 Å². The van der Waals surface area contributed by atoms with E-state index in [0.717, 1.165) is 22.6 Å². The van der Waals surface area contributed by atoms with Gasteiger partial charge in [-0.1, -0.05) is 18.2 Å². The van der Waals surface area contributed by atoms with Crippen molar-refractivity contribution in [1.82, 2.24) is 0 Å². The first-order chi connectivity index (χ1) is 10.6. The molecule has 0 bridgehead atoms. The van der Waals surface area contributed by atoms with Crippen LogP contribution in [0.2, 0.25) is 0 Å². The average Bonchev–Trinajstić information content (AvgIpc) is 2.53. The van der Waals surface area contributed by atoms with Gasteiger partial charge in [-0.25, -0.2) is 0 Å². The van der Waals surface area contributed by atoms with E-state index < -0.39 is 6.10 Å². The number of hydrogen-bond donors (Lipinski definition) is 0. The van der Waals surface area contributed by atoms with Gasteiger partial charge in [0.2, 0.25) is 0 Å². The van der Waals surface area contributed by atoms with E-state index in [1.807, 2.05) is 37.3 Å². The van der Waals surface area contributed by atoms with Gasteiger partial charge in [0.1, 0.15) is 5.75 Å². The molecule has 0 aromatic heterocycles. The maximum Gasteiger partial charge on any atom is 0.268 e. The smallest absolute Gasteiger partial charge is 0.268 e. The fraction of sp³-hybridized carbons (Fsp3) is 0.222. The van der Waals surface area contributed by atoms with Crippen molar-refractivity contribution in [3.8, 4) is 11.8 Å². The molecule has 0 saturated carbocycles. The Bertz CT molecular complexity index is 760. The predicted molar refractivity (Wildman–Crippen MR) is 83.6 cm³/mol. The molecule has 0 radical (unpaired) electrons. The Hall–Kier alpha value is -2.80. The van der Waals surface area contributed by atoms with Gasteiger partial charge in [0.15, 0.2) is 6.10 Å². The van der Waals surface area contributed by atoms with Crippen molar-refractivity contribution in [2.24, 2.45) is 0 Å². The minimum Gasteiger partial charge on any atom is -0.479 e. The summed E-state index contributed by atoms with van der Waals surface area (Å²) in [4.78, 5) is 14.2. The van der Waals surface area contributed by atoms with Crippen molar-refractivity contribution >= 4 is 11.6 Å². The Kier molecular flexibility index (Phi) is 3.56. The highest BCUT2D eigenvalue weighted by atomic mass is 16.5. The number of anilines is 1. The van der Waals surface area contributed by atoms with E-state index in [2.05, 4.69) is 6.07 Å². The number of rotatable bonds is 2. The highest BCUT2D eigenvalue weighted by Crippen LogP contribution is 2.35. The number of nitriles is 1. The normalized spacial score (nSPS) is 16.7. The molecule has 1 heterocycles. The van der Waals surface area contributed by atoms with E-state index in [1.54, 1.807) is 24.0 Å². The fourth-order valence-corrected chi connectivity index (χ4v) is 2.55. The van der Waals surface area contributed by atoms with E-state index in [-0.39, 0.29) is 5.91 Å². The van der Waals surface area contributed by atoms with Crippen LogP contribution in [0, 0.1) is 18.3 Å². The molecule has 1 unspecified atom stereocenters. The van der Waals surface area contributed by atoms with Crippen molar-refractivity contribution in [2.45, 2.75) is 26.5 Å². The van der Waals surface area contributed by atoms with Gasteiger partial charge in [-0.2, -0.15) is 5.26 Å². The Labute approximate surface area is 129 Å². The lowest BCUT2D eigenvalue weighted by Crippen LogP contribution is -2.44. The number of fused-ring (bicyclic) bond motifs is 1. The monoisotopic (exact) mass is 292 g/mol. The van der Waals surface area contributed by atoms with Crippen LogP contribution in [-0.4, -0.2) is 12.0 Å². The van der Waals surface area contributed by atoms with Crippen molar-refractivity contribution in [1.29, 1.82) is 5.26 Å². The molecule has 4 nitrogen and oxygen atoms in total. The third-order valence-electron chi connectivity index (χ3n) is 3.75. The number of ether oxygens (including phenoxy) is 1. The molecule has 0 fully saturated rings. The summed E-state index contributed by atoms with van der Waals surface area (Å²) in [6, 6.07) is 15.2. The number of aryl methyl sites for hydroxylation is 1. The molecule has 2 aromatic rings. The first kappa shape index (κ1) is 14.2. The Morgan fingerprint density at radius 2 is 1.95 bits per heavy atom. The molecule has 1 aliphatic heterocycles. The zero-order valence-electron chi connectivity index (χ0n) is 12.5. The Balaban J connectivity index is 1.96. The third kappa shape index (κ3) is 2.53. The molecular formula is C18H16N2O2. The van der Waals surface area contributed by atoms with Crippen LogP contribution in [0.5, 0.6) is 5.75 Å². The summed E-state index contributed by atoms with van der Waals surface area (Å²) in [5.41, 5.74) is 3.47. The van der Waals surface area contributed by atoms with E-state index in [0.29, 0.717) is 12.1 Å². The topological polar surface area (TPSA) is 53.3 Å². The van der Waals surface area contributed by atoms with Crippen molar-refractivity contribution in [3.63, 3.8) is 0 Å². The van der Waals surface area contributed by atoms with Gasteiger partial charge in [0, 0.05) is 0 Å². The van der Waals surface area contributed by atoms with Crippen LogP contribution in [0.25, 0.3) is 0 Å². The van der Waals surface area contributed by atoms with Gasteiger partial charge in [-0.15, -0.1) is 0 Å². The first-order valence-electron chi connectivity index (χ1n) is 7.16. The molecule has 110 valence electrons. The van der Waals surface area contributed by atoms with Crippen LogP contribution in [0.4, 0.5) is 5.69 Å². The molecule has 0 aliphatic carbocycles. The fourth-order valence-electron chi connectivity index (χ4n) is 2.55. The van der Waals surface area contributed by atoms with Crippen LogP contribution in [-0.2, 0) is 11.3 Å². The van der Waals surface area contributed by atoms with Crippen molar-refractivity contribution in [2.75, 3.05) is 4.90 Å². The SMILES string of the molecule is Cc1ccc2c(c1)N(Cc1ccc(C#N)cc1)C(=O)C(C)O2. The summed E-state index contributed by atoms with van der Waals surface area (Å²) in [6.07, 6.45) is -0.492. The molecule has 4 heteroatoms. The highest BCUT2D eigenvalue weighted by molar-refractivity contribution is 5.99. The van der Waals surface area contributed by atoms with Crippen LogP contribution < -0.4 is 9.64 Å². The predicted octanol–water partition coefficient (Wildman–Crippen LogP) is 3.18. The second-order valence-corrected chi connectivity index (χ2v) is 5.46. The molecule has 1 atom stereocenters. The largest absolute Gasteiger partial charge is 0.479 e. The van der Waals surface area contributed by atoms with Crippen molar-refractivity contribution in [3.05, 3.63) is 59.2 Å². The number of carbonyl (C=O) groups is 1. The number of hydrogen-bond acceptors (Lipinski definition) is 3. The summed E-state index contributed by atoms with van der Waals surface area (Å²) < 4.78 is 5.67. The summed E-state index contributed by atoms with van der Waals surface area (Å²) in [7, 11) is 0. The van der Waals surface area contributed by atoms with E-state index in [9.17, 15) is 4.79 Å². The second-order valence-electron chi connectivity index (χ2n) is 5.46. The minimum absolute atomic E-state index is 0.0533. The number of carbonyl (C=O) groups excluding carboxylic acids is 1. The summed E-state index contributed by atoms with van der Waals surface area (Å²) >= 11 is 0. The molecule has 0 saturated heterocycles. The molecule has 0 N–H and O–H groups in total. The van der Waals surface area contributed by atoms with Gasteiger partial charge >= 0.3 is 0 Å². The van der Waals surface area contributed by atoms with Crippen LogP contribution in [0.1, 0.15) is 23.6 Å². The average molecular weight is 292 g/mol. The van der Waals surface area contributed by atoms with Crippen LogP contribution >= 0.6 is 0 Å². The Morgan fingerprint density at radius 3 is 2.64 bits per heavy atom. The lowest BCUT2D eigenvalue weighted by Gasteiger charge is -2.33. The van der Waals surface area contributed by atoms with E-state index in [1.165, 1.54) is 0 Å². The summed E-state index contributed by atoms with van der Waals surface area (Å²) in [5, 5.41) is 8.86. The zero-order valence-corrected chi connectivity index (χ0v) is 12.5. The van der Waals surface area contributed by atoms with Crippen LogP contribution in [0.3, 0.4) is 0 Å². The van der Waals surface area contributed by atoms with Crippen molar-refractivity contribution < 1.29 is 9.53 Å². The molecule has 22 heavy (non-hydrogen) atoms. The van der Waals surface area contributed by atoms with E-state index in [4.69, 9.17) is 10.00 Å². The first-order valence-corrected chi connectivity index (χ1v) is 7.16. The standard InChI is InChI=1S/C18H16N2O2/c1-12-3-8-17-16(9-12)20(18(21)13(2)22-17)11-15-6-4-14(10-19)5-7-15/h3-9,13H,11H2,1-2H3. The summed E-state index contributed by atoms with van der Waals surface area (Å²) in [5.74, 6) is 0.675. The van der Waals surface area contributed by atoms with Gasteiger partial charge in [-0.05, 0) is 49.2 Å². The number of benzene rings is 2. The number of nitrogens with zero attached hydrogens (tertiary/aromatic N) is 2. The molecule has 0 spiro atoms. The Morgan fingerprint density at radius 1 is 1.23 bits per heavy atom. The third-order valence-corrected chi connectivity index (χ3v) is 3.75. The molecule has 1 aliphatic rings. The lowest BCUT2D eigenvalue weighted by atomic mass is 10.1. The molecule has 1 amide bonds. The minimum atomic E-state index is -0.492. The molecular weight excluding hydrogens is 276 g/mol. The van der Waals surface area contributed by atoms with Gasteiger partial charge in [0.05, 0.1) is 23.9 Å². The molecule has 3 rings (SSSR count). The van der Waals surface area contributed by atoms with Gasteiger partial charge in [0.25, 0.3) is 5.91 Å². The highest BCUT2D eigenvalue weighted by Gasteiger charge is 2.31. The number of amides is 1. The quantitative estimate of drug-likeness (QED) is 0.854. The maximum absolute atomic E-state index is 12.5. The maximum atomic E-state index is 12.5. The zero-order chi connectivity index (χ0) is 15.7. The van der Waals surface area contributed by atoms with Crippen LogP contribution in [0.15, 0.2) is 42.5 Å². The van der Waals surface area contributed by atoms with Gasteiger partial charge in [-0.3, -0.25) is 4.79 Å². The summed E-state index contributed by atoms with van der Waals surface area (Å²) in [6.45, 7) is 4.22. The lowest BCUT2D eigenvalue weighted by molar-refractivity contribution is -0.125. The second kappa shape index (κ2) is 5.53.